The number of benzene rings is 1. The number of hydrogen-bond donors (Lipinski definition) is 2. The van der Waals surface area contributed by atoms with Gasteiger partial charge in [-0.3, -0.25) is 4.79 Å². The van der Waals surface area contributed by atoms with Crippen LogP contribution < -0.4 is 10.6 Å². The van der Waals surface area contributed by atoms with Gasteiger partial charge in [-0.25, -0.2) is 0 Å². The van der Waals surface area contributed by atoms with Crippen molar-refractivity contribution in [2.24, 2.45) is 0 Å². The molecule has 0 saturated carbocycles. The molecule has 1 aliphatic heterocycles. The highest BCUT2D eigenvalue weighted by molar-refractivity contribution is 5.94. The van der Waals surface area contributed by atoms with Crippen molar-refractivity contribution in [3.05, 3.63) is 35.4 Å². The molecule has 1 saturated heterocycles. The first-order valence-corrected chi connectivity index (χ1v) is 7.98. The van der Waals surface area contributed by atoms with Crippen LogP contribution in [0.2, 0.25) is 0 Å². The summed E-state index contributed by atoms with van der Waals surface area (Å²) in [5.41, 5.74) is 2.06. The molecule has 0 aliphatic carbocycles. The molecule has 0 bridgehead atoms. The van der Waals surface area contributed by atoms with Crippen LogP contribution in [-0.2, 0) is 4.74 Å². The van der Waals surface area contributed by atoms with E-state index in [-0.39, 0.29) is 5.91 Å². The first kappa shape index (κ1) is 16.0. The molecule has 1 unspecified atom stereocenters. The molecule has 1 aromatic carbocycles. The molecular formula is C17H26N2O2. The van der Waals surface area contributed by atoms with Gasteiger partial charge < -0.3 is 15.4 Å². The van der Waals surface area contributed by atoms with Crippen molar-refractivity contribution in [2.45, 2.75) is 32.1 Å². The van der Waals surface area contributed by atoms with E-state index in [4.69, 9.17) is 4.74 Å². The molecule has 21 heavy (non-hydrogen) atoms. The van der Waals surface area contributed by atoms with E-state index in [9.17, 15) is 4.79 Å². The highest BCUT2D eigenvalue weighted by Crippen LogP contribution is 2.23. The maximum Gasteiger partial charge on any atom is 0.251 e. The average Bonchev–Trinajstić information content (AvgIpc) is 2.55. The summed E-state index contributed by atoms with van der Waals surface area (Å²) < 4.78 is 5.25. The van der Waals surface area contributed by atoms with Crippen molar-refractivity contribution in [3.8, 4) is 0 Å². The van der Waals surface area contributed by atoms with Gasteiger partial charge in [0.15, 0.2) is 0 Å². The van der Waals surface area contributed by atoms with E-state index in [0.717, 1.165) is 31.7 Å². The zero-order chi connectivity index (χ0) is 14.9. The van der Waals surface area contributed by atoms with Crippen LogP contribution in [0, 0.1) is 0 Å². The maximum absolute atomic E-state index is 12.0. The molecule has 1 amide bonds. The minimum Gasteiger partial charge on any atom is -0.382 e. The van der Waals surface area contributed by atoms with Crippen LogP contribution in [0.4, 0.5) is 0 Å². The largest absolute Gasteiger partial charge is 0.382 e. The van der Waals surface area contributed by atoms with E-state index in [1.54, 1.807) is 0 Å². The van der Waals surface area contributed by atoms with E-state index >= 15 is 0 Å². The van der Waals surface area contributed by atoms with E-state index < -0.39 is 0 Å². The molecule has 116 valence electrons. The number of piperidine rings is 1. The van der Waals surface area contributed by atoms with Gasteiger partial charge >= 0.3 is 0 Å². The van der Waals surface area contributed by atoms with Gasteiger partial charge in [-0.15, -0.1) is 0 Å². The highest BCUT2D eigenvalue weighted by atomic mass is 16.5. The SMILES string of the molecule is CCOCCCNC(=O)c1ccc(C2CCCNC2)cc1. The molecule has 2 N–H and O–H groups in total. The van der Waals surface area contributed by atoms with Gasteiger partial charge in [0.05, 0.1) is 0 Å². The molecule has 1 aliphatic rings. The number of carbonyl (C=O) groups excluding carboxylic acids is 1. The Morgan fingerprint density at radius 1 is 1.38 bits per heavy atom. The smallest absolute Gasteiger partial charge is 0.251 e. The van der Waals surface area contributed by atoms with Gasteiger partial charge in [0.2, 0.25) is 0 Å². The van der Waals surface area contributed by atoms with Gasteiger partial charge in [-0.2, -0.15) is 0 Å². The highest BCUT2D eigenvalue weighted by Gasteiger charge is 2.15. The maximum atomic E-state index is 12.0. The second-order valence-corrected chi connectivity index (χ2v) is 5.47. The van der Waals surface area contributed by atoms with Gasteiger partial charge in [0.1, 0.15) is 0 Å². The van der Waals surface area contributed by atoms with Gasteiger partial charge in [-0.1, -0.05) is 12.1 Å². The van der Waals surface area contributed by atoms with Crippen LogP contribution in [0.15, 0.2) is 24.3 Å². The van der Waals surface area contributed by atoms with Crippen LogP contribution in [0.1, 0.15) is 48.0 Å². The zero-order valence-corrected chi connectivity index (χ0v) is 12.9. The van der Waals surface area contributed by atoms with Crippen molar-refractivity contribution in [1.29, 1.82) is 0 Å². The lowest BCUT2D eigenvalue weighted by atomic mass is 9.91. The Labute approximate surface area is 127 Å². The fourth-order valence-corrected chi connectivity index (χ4v) is 2.67. The van der Waals surface area contributed by atoms with Crippen LogP contribution in [-0.4, -0.2) is 38.8 Å². The Morgan fingerprint density at radius 2 is 2.19 bits per heavy atom. The summed E-state index contributed by atoms with van der Waals surface area (Å²) in [4.78, 5) is 12.0. The molecule has 4 heteroatoms. The molecule has 1 fully saturated rings. The quantitative estimate of drug-likeness (QED) is 0.758. The minimum absolute atomic E-state index is 0.000169. The van der Waals surface area contributed by atoms with Crippen molar-refractivity contribution >= 4 is 5.91 Å². The Balaban J connectivity index is 1.79. The molecule has 2 rings (SSSR count). The van der Waals surface area contributed by atoms with E-state index in [1.165, 1.54) is 18.4 Å². The summed E-state index contributed by atoms with van der Waals surface area (Å²) in [5.74, 6) is 0.585. The average molecular weight is 290 g/mol. The Morgan fingerprint density at radius 3 is 2.86 bits per heavy atom. The first-order chi connectivity index (χ1) is 10.3. The van der Waals surface area contributed by atoms with E-state index in [1.807, 2.05) is 19.1 Å². The number of amides is 1. The number of ether oxygens (including phenoxy) is 1. The standard InChI is InChI=1S/C17H26N2O2/c1-2-21-12-4-11-19-17(20)15-8-6-14(7-9-15)16-5-3-10-18-13-16/h6-9,16,18H,2-5,10-13H2,1H3,(H,19,20). The molecular weight excluding hydrogens is 264 g/mol. The van der Waals surface area contributed by atoms with Crippen LogP contribution in [0.25, 0.3) is 0 Å². The number of nitrogens with one attached hydrogen (secondary N) is 2. The van der Waals surface area contributed by atoms with Gasteiger partial charge in [0, 0.05) is 31.9 Å². The first-order valence-electron chi connectivity index (χ1n) is 7.98. The van der Waals surface area contributed by atoms with Crippen LogP contribution in [0.5, 0.6) is 0 Å². The van der Waals surface area contributed by atoms with Crippen molar-refractivity contribution in [2.75, 3.05) is 32.8 Å². The van der Waals surface area contributed by atoms with Crippen LogP contribution >= 0.6 is 0 Å². The number of hydrogen-bond acceptors (Lipinski definition) is 3. The lowest BCUT2D eigenvalue weighted by molar-refractivity contribution is 0.0944. The van der Waals surface area contributed by atoms with Crippen molar-refractivity contribution in [3.63, 3.8) is 0 Å². The summed E-state index contributed by atoms with van der Waals surface area (Å²) in [6.45, 7) is 6.23. The molecule has 0 aromatic heterocycles. The molecule has 1 aromatic rings. The minimum atomic E-state index is -0.000169. The topological polar surface area (TPSA) is 50.4 Å². The summed E-state index contributed by atoms with van der Waals surface area (Å²) >= 11 is 0. The third-order valence-electron chi connectivity index (χ3n) is 3.90. The normalized spacial score (nSPS) is 18.4. The molecule has 1 atom stereocenters. The third-order valence-corrected chi connectivity index (χ3v) is 3.90. The molecule has 0 radical (unpaired) electrons. The van der Waals surface area contributed by atoms with Crippen molar-refractivity contribution < 1.29 is 9.53 Å². The summed E-state index contributed by atoms with van der Waals surface area (Å²) in [7, 11) is 0. The fourth-order valence-electron chi connectivity index (χ4n) is 2.67. The number of carbonyl (C=O) groups is 1. The van der Waals surface area contributed by atoms with E-state index in [0.29, 0.717) is 19.1 Å². The second kappa shape index (κ2) is 8.80. The van der Waals surface area contributed by atoms with Gasteiger partial charge in [-0.05, 0) is 56.3 Å². The van der Waals surface area contributed by atoms with E-state index in [2.05, 4.69) is 22.8 Å². The molecule has 1 heterocycles. The van der Waals surface area contributed by atoms with Crippen LogP contribution in [0.3, 0.4) is 0 Å². The Kier molecular flexibility index (Phi) is 6.70. The monoisotopic (exact) mass is 290 g/mol. The summed E-state index contributed by atoms with van der Waals surface area (Å²) in [6.07, 6.45) is 3.31. The summed E-state index contributed by atoms with van der Waals surface area (Å²) in [5, 5.41) is 6.35. The molecule has 4 nitrogen and oxygen atoms in total. The lowest BCUT2D eigenvalue weighted by Gasteiger charge is -2.23. The number of rotatable bonds is 7. The zero-order valence-electron chi connectivity index (χ0n) is 12.9. The fraction of sp³-hybridized carbons (Fsp3) is 0.588. The second-order valence-electron chi connectivity index (χ2n) is 5.47. The predicted octanol–water partition coefficient (Wildman–Crippen LogP) is 2.31. The third kappa shape index (κ3) is 5.14. The Bertz CT molecular complexity index is 425. The summed E-state index contributed by atoms with van der Waals surface area (Å²) in [6, 6.07) is 8.04. The van der Waals surface area contributed by atoms with Crippen molar-refractivity contribution in [1.82, 2.24) is 10.6 Å². The van der Waals surface area contributed by atoms with Gasteiger partial charge in [0.25, 0.3) is 5.91 Å². The predicted molar refractivity (Wildman–Crippen MR) is 84.7 cm³/mol. The lowest BCUT2D eigenvalue weighted by Crippen LogP contribution is -2.28. The Hall–Kier alpha value is -1.39. The molecule has 0 spiro atoms.